The van der Waals surface area contributed by atoms with E-state index in [0.717, 1.165) is 32.6 Å². The fraction of sp³-hybridized carbons (Fsp3) is 0.417. The first-order valence-corrected chi connectivity index (χ1v) is 5.67. The van der Waals surface area contributed by atoms with E-state index < -0.39 is 0 Å². The predicted octanol–water partition coefficient (Wildman–Crippen LogP) is 0.389. The number of nitriles is 1. The minimum absolute atomic E-state index is 0.00862. The van der Waals surface area contributed by atoms with Crippen molar-refractivity contribution in [1.29, 1.82) is 5.26 Å². The van der Waals surface area contributed by atoms with E-state index in [0.29, 0.717) is 11.3 Å². The van der Waals surface area contributed by atoms with E-state index in [-0.39, 0.29) is 5.91 Å². The molecular weight excluding hydrogens is 216 g/mol. The lowest BCUT2D eigenvalue weighted by molar-refractivity contribution is 0.0766. The summed E-state index contributed by atoms with van der Waals surface area (Å²) in [4.78, 5) is 17.9. The van der Waals surface area contributed by atoms with Gasteiger partial charge in [0.25, 0.3) is 5.91 Å². The van der Waals surface area contributed by atoms with Crippen LogP contribution in [0.25, 0.3) is 0 Å². The van der Waals surface area contributed by atoms with Crippen LogP contribution in [0.5, 0.6) is 0 Å². The lowest BCUT2D eigenvalue weighted by Crippen LogP contribution is -2.34. The largest absolute Gasteiger partial charge is 0.337 e. The Kier molecular flexibility index (Phi) is 3.68. The third-order valence-electron chi connectivity index (χ3n) is 2.75. The number of carbonyl (C=O) groups excluding carboxylic acids is 1. The van der Waals surface area contributed by atoms with Crippen molar-refractivity contribution in [2.45, 2.75) is 6.42 Å². The molecule has 0 bridgehead atoms. The average molecular weight is 230 g/mol. The van der Waals surface area contributed by atoms with Crippen molar-refractivity contribution in [2.75, 3.05) is 26.2 Å². The summed E-state index contributed by atoms with van der Waals surface area (Å²) in [6, 6.07) is 5.17. The van der Waals surface area contributed by atoms with E-state index in [9.17, 15) is 4.79 Å². The Bertz CT molecular complexity index is 427. The lowest BCUT2D eigenvalue weighted by Gasteiger charge is -2.19. The Labute approximate surface area is 100 Å². The molecule has 0 aromatic carbocycles. The maximum atomic E-state index is 12.1. The van der Waals surface area contributed by atoms with Crippen molar-refractivity contribution in [1.82, 2.24) is 15.2 Å². The van der Waals surface area contributed by atoms with Gasteiger partial charge in [0.1, 0.15) is 11.8 Å². The molecule has 0 saturated carbocycles. The van der Waals surface area contributed by atoms with E-state index in [1.807, 2.05) is 11.0 Å². The van der Waals surface area contributed by atoms with E-state index in [1.165, 1.54) is 6.20 Å². The van der Waals surface area contributed by atoms with Crippen molar-refractivity contribution in [3.8, 4) is 6.07 Å². The van der Waals surface area contributed by atoms with Gasteiger partial charge in [-0.1, -0.05) is 0 Å². The van der Waals surface area contributed by atoms with Gasteiger partial charge in [0.2, 0.25) is 0 Å². The van der Waals surface area contributed by atoms with Crippen molar-refractivity contribution in [2.24, 2.45) is 0 Å². The van der Waals surface area contributed by atoms with Crippen LogP contribution in [0.2, 0.25) is 0 Å². The number of aromatic nitrogens is 1. The second-order valence-corrected chi connectivity index (χ2v) is 3.94. The van der Waals surface area contributed by atoms with Gasteiger partial charge in [-0.05, 0) is 25.1 Å². The fourth-order valence-electron chi connectivity index (χ4n) is 1.82. The van der Waals surface area contributed by atoms with Crippen LogP contribution in [0.1, 0.15) is 22.5 Å². The minimum atomic E-state index is -0.00862. The highest BCUT2D eigenvalue weighted by Crippen LogP contribution is 2.06. The number of carbonyl (C=O) groups is 1. The number of pyridine rings is 1. The van der Waals surface area contributed by atoms with E-state index in [4.69, 9.17) is 5.26 Å². The Morgan fingerprint density at radius 1 is 1.41 bits per heavy atom. The molecule has 0 unspecified atom stereocenters. The van der Waals surface area contributed by atoms with Crippen LogP contribution in [0, 0.1) is 11.3 Å². The first-order valence-electron chi connectivity index (χ1n) is 5.67. The van der Waals surface area contributed by atoms with Gasteiger partial charge in [-0.3, -0.25) is 4.79 Å². The molecule has 1 aliphatic heterocycles. The summed E-state index contributed by atoms with van der Waals surface area (Å²) in [5, 5.41) is 11.9. The average Bonchev–Trinajstić information content (AvgIpc) is 2.67. The number of nitrogens with one attached hydrogen (secondary N) is 1. The number of nitrogens with zero attached hydrogens (tertiary/aromatic N) is 3. The Balaban J connectivity index is 2.09. The van der Waals surface area contributed by atoms with Crippen LogP contribution in [0.4, 0.5) is 0 Å². The summed E-state index contributed by atoms with van der Waals surface area (Å²) in [7, 11) is 0. The van der Waals surface area contributed by atoms with Crippen LogP contribution in [-0.2, 0) is 0 Å². The molecule has 1 N–H and O–H groups in total. The first kappa shape index (κ1) is 11.6. The standard InChI is InChI=1S/C12H14N4O/c13-8-11-3-2-10(9-15-11)12(17)16-6-1-4-14-5-7-16/h2-3,9,14H,1,4-7H2. The highest BCUT2D eigenvalue weighted by atomic mass is 16.2. The zero-order valence-corrected chi connectivity index (χ0v) is 9.52. The van der Waals surface area contributed by atoms with E-state index in [1.54, 1.807) is 12.1 Å². The van der Waals surface area contributed by atoms with Gasteiger partial charge in [-0.2, -0.15) is 5.26 Å². The maximum absolute atomic E-state index is 12.1. The molecule has 1 aromatic heterocycles. The second kappa shape index (κ2) is 5.41. The molecule has 0 aliphatic carbocycles. The molecule has 1 saturated heterocycles. The SMILES string of the molecule is N#Cc1ccc(C(=O)N2CCCNCC2)cn1. The van der Waals surface area contributed by atoms with Crippen molar-refractivity contribution >= 4 is 5.91 Å². The van der Waals surface area contributed by atoms with E-state index >= 15 is 0 Å². The summed E-state index contributed by atoms with van der Waals surface area (Å²) < 4.78 is 0. The number of hydrogen-bond acceptors (Lipinski definition) is 4. The molecule has 1 aromatic rings. The molecule has 88 valence electrons. The maximum Gasteiger partial charge on any atom is 0.255 e. The van der Waals surface area contributed by atoms with Crippen molar-refractivity contribution < 1.29 is 4.79 Å². The van der Waals surface area contributed by atoms with Crippen LogP contribution in [-0.4, -0.2) is 42.0 Å². The van der Waals surface area contributed by atoms with Crippen LogP contribution < -0.4 is 5.32 Å². The number of hydrogen-bond donors (Lipinski definition) is 1. The zero-order chi connectivity index (χ0) is 12.1. The van der Waals surface area contributed by atoms with Gasteiger partial charge in [-0.15, -0.1) is 0 Å². The van der Waals surface area contributed by atoms with E-state index in [2.05, 4.69) is 10.3 Å². The Morgan fingerprint density at radius 3 is 3.00 bits per heavy atom. The molecule has 0 spiro atoms. The molecule has 5 nitrogen and oxygen atoms in total. The van der Waals surface area contributed by atoms with Gasteiger partial charge in [0.05, 0.1) is 5.56 Å². The molecule has 0 radical (unpaired) electrons. The molecule has 1 aliphatic rings. The van der Waals surface area contributed by atoms with Crippen molar-refractivity contribution in [3.63, 3.8) is 0 Å². The Morgan fingerprint density at radius 2 is 2.29 bits per heavy atom. The summed E-state index contributed by atoms with van der Waals surface area (Å²) in [6.07, 6.45) is 2.44. The highest BCUT2D eigenvalue weighted by molar-refractivity contribution is 5.94. The summed E-state index contributed by atoms with van der Waals surface area (Å²) >= 11 is 0. The van der Waals surface area contributed by atoms with Crippen LogP contribution in [0.3, 0.4) is 0 Å². The van der Waals surface area contributed by atoms with Crippen LogP contribution in [0.15, 0.2) is 18.3 Å². The summed E-state index contributed by atoms with van der Waals surface area (Å²) in [6.45, 7) is 3.27. The fourth-order valence-corrected chi connectivity index (χ4v) is 1.82. The monoisotopic (exact) mass is 230 g/mol. The van der Waals surface area contributed by atoms with Gasteiger partial charge in [-0.25, -0.2) is 4.98 Å². The third kappa shape index (κ3) is 2.80. The molecule has 17 heavy (non-hydrogen) atoms. The normalized spacial score (nSPS) is 16.1. The quantitative estimate of drug-likeness (QED) is 0.757. The molecule has 2 rings (SSSR count). The molecule has 0 atom stereocenters. The molecule has 5 heteroatoms. The Hall–Kier alpha value is -1.93. The van der Waals surface area contributed by atoms with Crippen molar-refractivity contribution in [3.05, 3.63) is 29.6 Å². The van der Waals surface area contributed by atoms with Gasteiger partial charge < -0.3 is 10.2 Å². The van der Waals surface area contributed by atoms with Gasteiger partial charge in [0, 0.05) is 25.8 Å². The summed E-state index contributed by atoms with van der Waals surface area (Å²) in [5.41, 5.74) is 0.880. The predicted molar refractivity (Wildman–Crippen MR) is 62.3 cm³/mol. The topological polar surface area (TPSA) is 69.0 Å². The molecule has 1 fully saturated rings. The summed E-state index contributed by atoms with van der Waals surface area (Å²) in [5.74, 6) is -0.00862. The van der Waals surface area contributed by atoms with Crippen LogP contribution >= 0.6 is 0 Å². The van der Waals surface area contributed by atoms with Gasteiger partial charge in [0.15, 0.2) is 0 Å². The smallest absolute Gasteiger partial charge is 0.255 e. The number of amides is 1. The first-order chi connectivity index (χ1) is 8.31. The molecule has 1 amide bonds. The number of rotatable bonds is 1. The zero-order valence-electron chi connectivity index (χ0n) is 9.52. The second-order valence-electron chi connectivity index (χ2n) is 3.94. The lowest BCUT2D eigenvalue weighted by atomic mass is 10.2. The third-order valence-corrected chi connectivity index (χ3v) is 2.75. The van der Waals surface area contributed by atoms with Gasteiger partial charge >= 0.3 is 0 Å². The molecule has 2 heterocycles. The molecular formula is C12H14N4O. The minimum Gasteiger partial charge on any atom is -0.337 e. The highest BCUT2D eigenvalue weighted by Gasteiger charge is 2.17.